The lowest BCUT2D eigenvalue weighted by atomic mass is 10.4. The van der Waals surface area contributed by atoms with Crippen LogP contribution in [-0.4, -0.2) is 50.1 Å². The van der Waals surface area contributed by atoms with Gasteiger partial charge in [-0.3, -0.25) is 0 Å². The lowest BCUT2D eigenvalue weighted by Crippen LogP contribution is -2.38. The summed E-state index contributed by atoms with van der Waals surface area (Å²) in [5.41, 5.74) is 0. The van der Waals surface area contributed by atoms with Crippen LogP contribution in [0.5, 0.6) is 0 Å². The van der Waals surface area contributed by atoms with Crippen LogP contribution in [0.1, 0.15) is 20.3 Å². The van der Waals surface area contributed by atoms with Crippen molar-refractivity contribution in [2.45, 2.75) is 32.5 Å². The topological polar surface area (TPSA) is 38.8 Å². The van der Waals surface area contributed by atoms with Gasteiger partial charge < -0.3 is 14.4 Å². The molecule has 0 spiro atoms. The zero-order chi connectivity index (χ0) is 13.5. The first-order valence-electron chi connectivity index (χ1n) is 5.27. The third-order valence-corrected chi connectivity index (χ3v) is 1.83. The van der Waals surface area contributed by atoms with Crippen molar-refractivity contribution in [2.24, 2.45) is 0 Å². The summed E-state index contributed by atoms with van der Waals surface area (Å²) in [6.07, 6.45) is -6.45. The van der Waals surface area contributed by atoms with E-state index in [1.54, 1.807) is 13.8 Å². The normalized spacial score (nSPS) is 11.7. The predicted molar refractivity (Wildman–Crippen MR) is 55.7 cm³/mol. The summed E-state index contributed by atoms with van der Waals surface area (Å²) in [5, 5.41) is 0. The maximum absolute atomic E-state index is 12.1. The largest absolute Gasteiger partial charge is 0.447 e. The van der Waals surface area contributed by atoms with E-state index in [-0.39, 0.29) is 19.3 Å². The van der Waals surface area contributed by atoms with Crippen molar-refractivity contribution >= 4 is 6.09 Å². The van der Waals surface area contributed by atoms with Crippen LogP contribution in [0, 0.1) is 0 Å². The number of hydrogen-bond acceptors (Lipinski definition) is 3. The average molecular weight is 257 g/mol. The van der Waals surface area contributed by atoms with E-state index >= 15 is 0 Å². The highest BCUT2D eigenvalue weighted by Crippen LogP contribution is 2.20. The number of nitrogens with zero attached hydrogens (tertiary/aromatic N) is 1. The SMILES string of the molecule is COCCN(CCC(F)(F)F)C(=O)OC(C)C. The Morgan fingerprint density at radius 1 is 1.29 bits per heavy atom. The number of rotatable bonds is 6. The molecule has 0 radical (unpaired) electrons. The number of amides is 1. The van der Waals surface area contributed by atoms with Crippen molar-refractivity contribution in [3.05, 3.63) is 0 Å². The van der Waals surface area contributed by atoms with E-state index in [9.17, 15) is 18.0 Å². The summed E-state index contributed by atoms with van der Waals surface area (Å²) in [7, 11) is 1.41. The Bertz CT molecular complexity index is 231. The van der Waals surface area contributed by atoms with Gasteiger partial charge >= 0.3 is 12.3 Å². The van der Waals surface area contributed by atoms with Crippen LogP contribution in [0.25, 0.3) is 0 Å². The molecule has 0 N–H and O–H groups in total. The van der Waals surface area contributed by atoms with Gasteiger partial charge in [0.05, 0.1) is 19.1 Å². The molecule has 1 amide bonds. The van der Waals surface area contributed by atoms with E-state index in [1.807, 2.05) is 0 Å². The fourth-order valence-electron chi connectivity index (χ4n) is 1.03. The van der Waals surface area contributed by atoms with Crippen LogP contribution >= 0.6 is 0 Å². The first kappa shape index (κ1) is 16.0. The van der Waals surface area contributed by atoms with Gasteiger partial charge in [-0.15, -0.1) is 0 Å². The number of carbonyl (C=O) groups excluding carboxylic acids is 1. The second kappa shape index (κ2) is 7.37. The molecular weight excluding hydrogens is 239 g/mol. The third kappa shape index (κ3) is 8.79. The Kier molecular flexibility index (Phi) is 6.94. The third-order valence-electron chi connectivity index (χ3n) is 1.83. The van der Waals surface area contributed by atoms with Crippen LogP contribution < -0.4 is 0 Å². The first-order chi connectivity index (χ1) is 7.76. The van der Waals surface area contributed by atoms with Crippen molar-refractivity contribution in [3.63, 3.8) is 0 Å². The molecule has 0 atom stereocenters. The van der Waals surface area contributed by atoms with Crippen molar-refractivity contribution in [3.8, 4) is 0 Å². The highest BCUT2D eigenvalue weighted by molar-refractivity contribution is 5.67. The number of methoxy groups -OCH3 is 1. The van der Waals surface area contributed by atoms with Crippen molar-refractivity contribution in [2.75, 3.05) is 26.8 Å². The van der Waals surface area contributed by atoms with Crippen molar-refractivity contribution in [1.82, 2.24) is 4.90 Å². The summed E-state index contributed by atoms with van der Waals surface area (Å²) in [5.74, 6) is 0. The molecule has 0 rings (SSSR count). The Balaban J connectivity index is 4.26. The fourth-order valence-corrected chi connectivity index (χ4v) is 1.03. The number of hydrogen-bond donors (Lipinski definition) is 0. The molecule has 0 saturated heterocycles. The second-order valence-electron chi connectivity index (χ2n) is 3.78. The smallest absolute Gasteiger partial charge is 0.410 e. The summed E-state index contributed by atoms with van der Waals surface area (Å²) in [6, 6.07) is 0. The lowest BCUT2D eigenvalue weighted by molar-refractivity contribution is -0.137. The zero-order valence-corrected chi connectivity index (χ0v) is 10.2. The van der Waals surface area contributed by atoms with Gasteiger partial charge in [-0.25, -0.2) is 4.79 Å². The van der Waals surface area contributed by atoms with Crippen LogP contribution in [0.3, 0.4) is 0 Å². The molecule has 0 aromatic carbocycles. The van der Waals surface area contributed by atoms with E-state index in [0.29, 0.717) is 0 Å². The van der Waals surface area contributed by atoms with Crippen LogP contribution in [0.2, 0.25) is 0 Å². The summed E-state index contributed by atoms with van der Waals surface area (Å²) < 4.78 is 45.7. The van der Waals surface area contributed by atoms with Gasteiger partial charge in [0.15, 0.2) is 0 Å². The van der Waals surface area contributed by atoms with Gasteiger partial charge in [-0.1, -0.05) is 0 Å². The number of carbonyl (C=O) groups is 1. The van der Waals surface area contributed by atoms with Gasteiger partial charge in [0.1, 0.15) is 0 Å². The molecule has 0 aliphatic heterocycles. The predicted octanol–water partition coefficient (Wildman–Crippen LogP) is 2.43. The highest BCUT2D eigenvalue weighted by Gasteiger charge is 2.29. The first-order valence-corrected chi connectivity index (χ1v) is 5.27. The van der Waals surface area contributed by atoms with Crippen molar-refractivity contribution < 1.29 is 27.4 Å². The molecule has 0 saturated carbocycles. The Hall–Kier alpha value is -0.980. The maximum atomic E-state index is 12.1. The van der Waals surface area contributed by atoms with Gasteiger partial charge in [0, 0.05) is 20.2 Å². The highest BCUT2D eigenvalue weighted by atomic mass is 19.4. The summed E-state index contributed by atoms with van der Waals surface area (Å²) in [6.45, 7) is 3.11. The van der Waals surface area contributed by atoms with E-state index < -0.39 is 25.2 Å². The minimum Gasteiger partial charge on any atom is -0.447 e. The van der Waals surface area contributed by atoms with Crippen LogP contribution in [0.15, 0.2) is 0 Å². The van der Waals surface area contributed by atoms with E-state index in [0.717, 1.165) is 4.90 Å². The molecule has 0 fully saturated rings. The number of alkyl halides is 3. The number of ether oxygens (including phenoxy) is 2. The summed E-state index contributed by atoms with van der Waals surface area (Å²) >= 11 is 0. The van der Waals surface area contributed by atoms with E-state index in [2.05, 4.69) is 0 Å². The molecule has 0 aromatic heterocycles. The molecule has 0 unspecified atom stereocenters. The van der Waals surface area contributed by atoms with Crippen LogP contribution in [-0.2, 0) is 9.47 Å². The molecule has 7 heteroatoms. The average Bonchev–Trinajstić information content (AvgIpc) is 2.14. The molecule has 102 valence electrons. The minimum atomic E-state index is -4.29. The minimum absolute atomic E-state index is 0.0815. The fraction of sp³-hybridized carbons (Fsp3) is 0.900. The Labute approximate surface area is 98.7 Å². The quantitative estimate of drug-likeness (QED) is 0.733. The molecule has 17 heavy (non-hydrogen) atoms. The Morgan fingerprint density at radius 2 is 1.88 bits per heavy atom. The molecule has 0 aliphatic carbocycles. The van der Waals surface area contributed by atoms with Gasteiger partial charge in [0.2, 0.25) is 0 Å². The Morgan fingerprint density at radius 3 is 2.29 bits per heavy atom. The van der Waals surface area contributed by atoms with Gasteiger partial charge in [-0.05, 0) is 13.8 Å². The van der Waals surface area contributed by atoms with E-state index in [4.69, 9.17) is 9.47 Å². The molecule has 0 aliphatic rings. The maximum Gasteiger partial charge on any atom is 0.410 e. The monoisotopic (exact) mass is 257 g/mol. The number of halogens is 3. The van der Waals surface area contributed by atoms with E-state index in [1.165, 1.54) is 7.11 Å². The standard InChI is InChI=1S/C10H18F3NO3/c1-8(2)17-9(15)14(6-7-16-3)5-4-10(11,12)13/h8H,4-7H2,1-3H3. The molecule has 0 bridgehead atoms. The lowest BCUT2D eigenvalue weighted by Gasteiger charge is -2.23. The van der Waals surface area contributed by atoms with Crippen LogP contribution in [0.4, 0.5) is 18.0 Å². The molecular formula is C10H18F3NO3. The summed E-state index contributed by atoms with van der Waals surface area (Å²) in [4.78, 5) is 12.5. The van der Waals surface area contributed by atoms with Gasteiger partial charge in [0.25, 0.3) is 0 Å². The zero-order valence-electron chi connectivity index (χ0n) is 10.2. The molecule has 0 aromatic rings. The molecule has 4 nitrogen and oxygen atoms in total. The van der Waals surface area contributed by atoms with Gasteiger partial charge in [-0.2, -0.15) is 13.2 Å². The second-order valence-corrected chi connectivity index (χ2v) is 3.78. The van der Waals surface area contributed by atoms with Crippen molar-refractivity contribution in [1.29, 1.82) is 0 Å². The molecule has 0 heterocycles.